The number of esters is 2. The number of carbonyl (C=O) groups excluding carboxylic acids is 3. The van der Waals surface area contributed by atoms with Crippen molar-refractivity contribution in [3.05, 3.63) is 35.9 Å². The molecule has 0 heterocycles. The van der Waals surface area contributed by atoms with Crippen molar-refractivity contribution in [1.82, 2.24) is 0 Å². The average Bonchev–Trinajstić information content (AvgIpc) is 2.52. The maximum atomic E-state index is 12.9. The van der Waals surface area contributed by atoms with Crippen molar-refractivity contribution in [1.29, 1.82) is 0 Å². The summed E-state index contributed by atoms with van der Waals surface area (Å²) in [6.07, 6.45) is -1.10. The fourth-order valence-corrected chi connectivity index (χ4v) is 3.70. The monoisotopic (exact) mass is 376 g/mol. The Balaban J connectivity index is 2.57. The molecule has 1 aliphatic rings. The van der Waals surface area contributed by atoms with Gasteiger partial charge in [-0.3, -0.25) is 14.4 Å². The molecule has 27 heavy (non-hydrogen) atoms. The van der Waals surface area contributed by atoms with Gasteiger partial charge < -0.3 is 14.6 Å². The maximum absolute atomic E-state index is 12.9. The summed E-state index contributed by atoms with van der Waals surface area (Å²) < 4.78 is 10.7. The van der Waals surface area contributed by atoms with Crippen LogP contribution in [0.3, 0.4) is 0 Å². The third kappa shape index (κ3) is 4.75. The summed E-state index contributed by atoms with van der Waals surface area (Å²) in [7, 11) is 0. The summed E-state index contributed by atoms with van der Waals surface area (Å²) in [5.41, 5.74) is -1.01. The number of ether oxygens (including phenoxy) is 2. The van der Waals surface area contributed by atoms with Crippen LogP contribution in [0.15, 0.2) is 30.3 Å². The molecule has 1 saturated carbocycles. The zero-order chi connectivity index (χ0) is 20.4. The van der Waals surface area contributed by atoms with Crippen molar-refractivity contribution >= 4 is 17.7 Å². The number of aliphatic hydroxyl groups is 1. The molecule has 6 nitrogen and oxygen atoms in total. The van der Waals surface area contributed by atoms with Crippen molar-refractivity contribution in [3.63, 3.8) is 0 Å². The molecular weight excluding hydrogens is 348 g/mol. The Morgan fingerprint density at radius 2 is 1.56 bits per heavy atom. The SMILES string of the molecule is CC(C)OC(=O)[C@H]1C(=O)C[C@](C)(O)[C@@H](C(=O)OC(C)C)[C@@H]1c1ccccc1. The first-order valence-corrected chi connectivity index (χ1v) is 9.25. The van der Waals surface area contributed by atoms with E-state index >= 15 is 0 Å². The van der Waals surface area contributed by atoms with Crippen LogP contribution >= 0.6 is 0 Å². The summed E-state index contributed by atoms with van der Waals surface area (Å²) in [5, 5.41) is 10.9. The van der Waals surface area contributed by atoms with Crippen LogP contribution in [0.1, 0.15) is 52.5 Å². The Bertz CT molecular complexity index is 684. The number of rotatable bonds is 5. The van der Waals surface area contributed by atoms with Gasteiger partial charge in [-0.25, -0.2) is 0 Å². The summed E-state index contributed by atoms with van der Waals surface area (Å²) in [4.78, 5) is 38.4. The van der Waals surface area contributed by atoms with Gasteiger partial charge in [-0.05, 0) is 40.2 Å². The highest BCUT2D eigenvalue weighted by Crippen LogP contribution is 2.46. The standard InChI is InChI=1S/C21H28O6/c1-12(2)26-19(23)17-15(22)11-21(5,25)18(20(24)27-13(3)4)16(17)14-9-7-6-8-10-14/h6-10,12-13,16-18,25H,11H2,1-5H3/t16-,17+,18-,21+/m1/s1. The maximum Gasteiger partial charge on any atom is 0.317 e. The van der Waals surface area contributed by atoms with Gasteiger partial charge in [0.2, 0.25) is 0 Å². The lowest BCUT2D eigenvalue weighted by Gasteiger charge is -2.44. The van der Waals surface area contributed by atoms with E-state index in [0.29, 0.717) is 5.56 Å². The molecule has 1 N–H and O–H groups in total. The first-order valence-electron chi connectivity index (χ1n) is 9.25. The molecule has 1 aromatic carbocycles. The van der Waals surface area contributed by atoms with Gasteiger partial charge in [0.1, 0.15) is 5.92 Å². The lowest BCUT2D eigenvalue weighted by atomic mass is 9.61. The zero-order valence-corrected chi connectivity index (χ0v) is 16.5. The molecule has 1 fully saturated rings. The molecule has 0 aromatic heterocycles. The number of Topliss-reactive ketones (excluding diaryl/α,β-unsaturated/α-hetero) is 1. The van der Waals surface area contributed by atoms with Gasteiger partial charge in [-0.15, -0.1) is 0 Å². The predicted molar refractivity (Wildman–Crippen MR) is 98.9 cm³/mol. The number of hydrogen-bond acceptors (Lipinski definition) is 6. The van der Waals surface area contributed by atoms with Crippen LogP contribution in [0.5, 0.6) is 0 Å². The van der Waals surface area contributed by atoms with Gasteiger partial charge in [0.25, 0.3) is 0 Å². The van der Waals surface area contributed by atoms with Gasteiger partial charge in [0, 0.05) is 12.3 Å². The van der Waals surface area contributed by atoms with Crippen LogP contribution in [0.25, 0.3) is 0 Å². The number of ketones is 1. The van der Waals surface area contributed by atoms with Gasteiger partial charge >= 0.3 is 11.9 Å². The van der Waals surface area contributed by atoms with E-state index in [2.05, 4.69) is 0 Å². The molecule has 0 bridgehead atoms. The normalized spacial score (nSPS) is 28.3. The van der Waals surface area contributed by atoms with E-state index < -0.39 is 47.2 Å². The third-order valence-corrected chi connectivity index (χ3v) is 4.66. The quantitative estimate of drug-likeness (QED) is 0.628. The fourth-order valence-electron chi connectivity index (χ4n) is 3.70. The number of hydrogen-bond donors (Lipinski definition) is 1. The van der Waals surface area contributed by atoms with Crippen LogP contribution in [0, 0.1) is 11.8 Å². The van der Waals surface area contributed by atoms with Gasteiger partial charge in [0.15, 0.2) is 5.78 Å². The largest absolute Gasteiger partial charge is 0.463 e. The van der Waals surface area contributed by atoms with Crippen LogP contribution < -0.4 is 0 Å². The molecule has 0 unspecified atom stereocenters. The van der Waals surface area contributed by atoms with E-state index in [1.165, 1.54) is 6.92 Å². The Labute approximate surface area is 159 Å². The second kappa shape index (κ2) is 8.21. The molecule has 0 saturated heterocycles. The Morgan fingerprint density at radius 1 is 1.04 bits per heavy atom. The van der Waals surface area contributed by atoms with Crippen LogP contribution in [-0.4, -0.2) is 40.6 Å². The van der Waals surface area contributed by atoms with Crippen molar-refractivity contribution in [2.24, 2.45) is 11.8 Å². The Hall–Kier alpha value is -2.21. The minimum Gasteiger partial charge on any atom is -0.463 e. The molecule has 4 atom stereocenters. The summed E-state index contributed by atoms with van der Waals surface area (Å²) in [5.74, 6) is -4.84. The van der Waals surface area contributed by atoms with Gasteiger partial charge in [0.05, 0.1) is 23.7 Å². The van der Waals surface area contributed by atoms with Crippen molar-refractivity contribution in [2.45, 2.75) is 64.8 Å². The molecule has 1 aromatic rings. The molecule has 2 rings (SSSR count). The summed E-state index contributed by atoms with van der Waals surface area (Å²) >= 11 is 0. The molecule has 0 radical (unpaired) electrons. The zero-order valence-electron chi connectivity index (χ0n) is 16.5. The first-order chi connectivity index (χ1) is 12.5. The fraction of sp³-hybridized carbons (Fsp3) is 0.571. The minimum absolute atomic E-state index is 0.313. The van der Waals surface area contributed by atoms with E-state index in [0.717, 1.165) is 0 Å². The topological polar surface area (TPSA) is 89.9 Å². The molecular formula is C21H28O6. The number of carbonyl (C=O) groups is 3. The minimum atomic E-state index is -1.63. The third-order valence-electron chi connectivity index (χ3n) is 4.66. The van der Waals surface area contributed by atoms with E-state index in [9.17, 15) is 19.5 Å². The lowest BCUT2D eigenvalue weighted by molar-refractivity contribution is -0.176. The Morgan fingerprint density at radius 3 is 2.07 bits per heavy atom. The van der Waals surface area contributed by atoms with E-state index in [1.54, 1.807) is 58.0 Å². The van der Waals surface area contributed by atoms with E-state index in [4.69, 9.17) is 9.47 Å². The van der Waals surface area contributed by atoms with Crippen LogP contribution in [0.4, 0.5) is 0 Å². The summed E-state index contributed by atoms with van der Waals surface area (Å²) in [6.45, 7) is 8.26. The second-order valence-corrected chi connectivity index (χ2v) is 7.86. The summed E-state index contributed by atoms with van der Waals surface area (Å²) in [6, 6.07) is 8.81. The van der Waals surface area contributed by atoms with Gasteiger partial charge in [-0.2, -0.15) is 0 Å². The molecule has 0 spiro atoms. The molecule has 1 aliphatic carbocycles. The highest BCUT2D eigenvalue weighted by molar-refractivity contribution is 6.02. The van der Waals surface area contributed by atoms with Crippen LogP contribution in [0.2, 0.25) is 0 Å². The van der Waals surface area contributed by atoms with Crippen molar-refractivity contribution < 1.29 is 29.0 Å². The smallest absolute Gasteiger partial charge is 0.317 e. The van der Waals surface area contributed by atoms with Gasteiger partial charge in [-0.1, -0.05) is 30.3 Å². The lowest BCUT2D eigenvalue weighted by Crippen LogP contribution is -2.55. The Kier molecular flexibility index (Phi) is 6.42. The molecule has 0 amide bonds. The first kappa shape index (κ1) is 21.1. The molecule has 0 aliphatic heterocycles. The van der Waals surface area contributed by atoms with E-state index in [1.807, 2.05) is 0 Å². The van der Waals surface area contributed by atoms with Crippen LogP contribution in [-0.2, 0) is 23.9 Å². The average molecular weight is 376 g/mol. The number of benzene rings is 1. The highest BCUT2D eigenvalue weighted by Gasteiger charge is 2.57. The second-order valence-electron chi connectivity index (χ2n) is 7.86. The predicted octanol–water partition coefficient (Wildman–Crippen LogP) is 2.63. The van der Waals surface area contributed by atoms with Crippen molar-refractivity contribution in [3.8, 4) is 0 Å². The molecule has 6 heteroatoms. The molecule has 148 valence electrons. The van der Waals surface area contributed by atoms with Crippen molar-refractivity contribution in [2.75, 3.05) is 0 Å². The van der Waals surface area contributed by atoms with E-state index in [-0.39, 0.29) is 12.5 Å². The highest BCUT2D eigenvalue weighted by atomic mass is 16.5.